The van der Waals surface area contributed by atoms with Crippen LogP contribution in [0.1, 0.15) is 21.9 Å². The standard InChI is InChI=1S/C16H13N3OS/c17-9-11-5-6-14(18-10-11)19-16(20)15-13-4-2-1-3-12(13)7-8-21-15/h1-6,10,15H,7-8H2,(H,18,19,20)/t15-/m1/s1. The van der Waals surface area contributed by atoms with Crippen LogP contribution in [0.25, 0.3) is 0 Å². The van der Waals surface area contributed by atoms with Crippen molar-refractivity contribution in [3.8, 4) is 6.07 Å². The predicted molar refractivity (Wildman–Crippen MR) is 82.9 cm³/mol. The van der Waals surface area contributed by atoms with Crippen LogP contribution in [0.3, 0.4) is 0 Å². The lowest BCUT2D eigenvalue weighted by Gasteiger charge is -2.24. The van der Waals surface area contributed by atoms with Gasteiger partial charge < -0.3 is 5.32 Å². The molecule has 0 radical (unpaired) electrons. The van der Waals surface area contributed by atoms with E-state index in [1.54, 1.807) is 23.9 Å². The highest BCUT2D eigenvalue weighted by Gasteiger charge is 2.26. The number of thioether (sulfide) groups is 1. The Hall–Kier alpha value is -2.32. The van der Waals surface area contributed by atoms with E-state index in [0.717, 1.165) is 17.7 Å². The summed E-state index contributed by atoms with van der Waals surface area (Å²) in [4.78, 5) is 16.5. The number of nitrogens with one attached hydrogen (secondary N) is 1. The first kappa shape index (κ1) is 13.7. The van der Waals surface area contributed by atoms with Gasteiger partial charge >= 0.3 is 0 Å². The van der Waals surface area contributed by atoms with Crippen LogP contribution in [-0.4, -0.2) is 16.6 Å². The van der Waals surface area contributed by atoms with Crippen LogP contribution in [0.4, 0.5) is 5.82 Å². The largest absolute Gasteiger partial charge is 0.309 e. The number of benzene rings is 1. The van der Waals surface area contributed by atoms with Crippen molar-refractivity contribution in [2.24, 2.45) is 0 Å². The second-order valence-electron chi connectivity index (χ2n) is 4.73. The van der Waals surface area contributed by atoms with Gasteiger partial charge in [0, 0.05) is 6.20 Å². The average Bonchev–Trinajstić information content (AvgIpc) is 2.55. The molecule has 0 saturated heterocycles. The van der Waals surface area contributed by atoms with Crippen LogP contribution in [0, 0.1) is 11.3 Å². The number of hydrogen-bond donors (Lipinski definition) is 1. The van der Waals surface area contributed by atoms with Gasteiger partial charge in [-0.05, 0) is 35.4 Å². The molecule has 1 aromatic carbocycles. The van der Waals surface area contributed by atoms with Crippen molar-refractivity contribution >= 4 is 23.5 Å². The van der Waals surface area contributed by atoms with Gasteiger partial charge in [-0.15, -0.1) is 11.8 Å². The summed E-state index contributed by atoms with van der Waals surface area (Å²) in [5.41, 5.74) is 2.80. The van der Waals surface area contributed by atoms with E-state index in [2.05, 4.69) is 16.4 Å². The van der Waals surface area contributed by atoms with E-state index < -0.39 is 0 Å². The topological polar surface area (TPSA) is 65.8 Å². The number of rotatable bonds is 2. The number of carbonyl (C=O) groups excluding carboxylic acids is 1. The molecule has 21 heavy (non-hydrogen) atoms. The molecule has 1 aliphatic rings. The van der Waals surface area contributed by atoms with Crippen molar-refractivity contribution in [1.29, 1.82) is 5.26 Å². The van der Waals surface area contributed by atoms with Crippen molar-refractivity contribution in [3.05, 3.63) is 59.3 Å². The maximum absolute atomic E-state index is 12.4. The van der Waals surface area contributed by atoms with Crippen molar-refractivity contribution in [1.82, 2.24) is 4.98 Å². The van der Waals surface area contributed by atoms with E-state index in [1.807, 2.05) is 24.3 Å². The monoisotopic (exact) mass is 295 g/mol. The fourth-order valence-electron chi connectivity index (χ4n) is 2.34. The zero-order chi connectivity index (χ0) is 14.7. The Bertz CT molecular complexity index is 706. The zero-order valence-corrected chi connectivity index (χ0v) is 12.1. The Kier molecular flexibility index (Phi) is 3.89. The summed E-state index contributed by atoms with van der Waals surface area (Å²) in [5, 5.41) is 11.4. The molecule has 1 aliphatic heterocycles. The first-order valence-corrected chi connectivity index (χ1v) is 7.69. The molecule has 5 heteroatoms. The zero-order valence-electron chi connectivity index (χ0n) is 11.2. The first-order valence-electron chi connectivity index (χ1n) is 6.64. The van der Waals surface area contributed by atoms with Crippen LogP contribution in [-0.2, 0) is 11.2 Å². The Morgan fingerprint density at radius 3 is 2.95 bits per heavy atom. The summed E-state index contributed by atoms with van der Waals surface area (Å²) in [6.45, 7) is 0. The number of aryl methyl sites for hydroxylation is 1. The van der Waals surface area contributed by atoms with Crippen LogP contribution < -0.4 is 5.32 Å². The van der Waals surface area contributed by atoms with Crippen molar-refractivity contribution in [3.63, 3.8) is 0 Å². The minimum Gasteiger partial charge on any atom is -0.309 e. The number of anilines is 1. The summed E-state index contributed by atoms with van der Waals surface area (Å²) >= 11 is 1.65. The van der Waals surface area contributed by atoms with E-state index >= 15 is 0 Å². The molecule has 1 aromatic heterocycles. The van der Waals surface area contributed by atoms with Gasteiger partial charge in [-0.2, -0.15) is 5.26 Å². The number of carbonyl (C=O) groups is 1. The fraction of sp³-hybridized carbons (Fsp3) is 0.188. The Morgan fingerprint density at radius 2 is 2.19 bits per heavy atom. The van der Waals surface area contributed by atoms with Gasteiger partial charge in [-0.3, -0.25) is 4.79 Å². The Labute approximate surface area is 127 Å². The van der Waals surface area contributed by atoms with Crippen molar-refractivity contribution in [2.45, 2.75) is 11.7 Å². The highest BCUT2D eigenvalue weighted by Crippen LogP contribution is 2.37. The number of amides is 1. The van der Waals surface area contributed by atoms with Crippen molar-refractivity contribution < 1.29 is 4.79 Å². The summed E-state index contributed by atoms with van der Waals surface area (Å²) in [6, 6.07) is 13.4. The molecule has 0 saturated carbocycles. The number of pyridine rings is 1. The van der Waals surface area contributed by atoms with Gasteiger partial charge in [0.1, 0.15) is 17.1 Å². The van der Waals surface area contributed by atoms with Crippen LogP contribution in [0.5, 0.6) is 0 Å². The van der Waals surface area contributed by atoms with Crippen LogP contribution in [0.2, 0.25) is 0 Å². The quantitative estimate of drug-likeness (QED) is 0.925. The third-order valence-electron chi connectivity index (χ3n) is 3.38. The molecule has 0 bridgehead atoms. The minimum atomic E-state index is -0.201. The third kappa shape index (κ3) is 2.91. The number of hydrogen-bond acceptors (Lipinski definition) is 4. The molecule has 104 valence electrons. The fourth-order valence-corrected chi connectivity index (χ4v) is 3.53. The molecule has 1 atom stereocenters. The van der Waals surface area contributed by atoms with Gasteiger partial charge in [0.15, 0.2) is 0 Å². The molecule has 0 spiro atoms. The van der Waals surface area contributed by atoms with E-state index in [0.29, 0.717) is 11.4 Å². The normalized spacial score (nSPS) is 16.6. The highest BCUT2D eigenvalue weighted by atomic mass is 32.2. The molecule has 2 heterocycles. The second-order valence-corrected chi connectivity index (χ2v) is 5.95. The van der Waals surface area contributed by atoms with E-state index in [1.165, 1.54) is 11.8 Å². The van der Waals surface area contributed by atoms with E-state index in [-0.39, 0.29) is 11.2 Å². The lowest BCUT2D eigenvalue weighted by atomic mass is 10.0. The molecule has 0 aliphatic carbocycles. The molecule has 4 nitrogen and oxygen atoms in total. The predicted octanol–water partition coefficient (Wildman–Crippen LogP) is 2.92. The number of nitrogens with zero attached hydrogens (tertiary/aromatic N) is 2. The number of aromatic nitrogens is 1. The molecular formula is C16H13N3OS. The van der Waals surface area contributed by atoms with Gasteiger partial charge in [0.05, 0.1) is 5.56 Å². The minimum absolute atomic E-state index is 0.0654. The van der Waals surface area contributed by atoms with Crippen molar-refractivity contribution in [2.75, 3.05) is 11.1 Å². The van der Waals surface area contributed by atoms with E-state index in [9.17, 15) is 4.79 Å². The maximum atomic E-state index is 12.4. The highest BCUT2D eigenvalue weighted by molar-refractivity contribution is 8.00. The third-order valence-corrected chi connectivity index (χ3v) is 4.62. The van der Waals surface area contributed by atoms with Crippen LogP contribution >= 0.6 is 11.8 Å². The summed E-state index contributed by atoms with van der Waals surface area (Å²) in [7, 11) is 0. The van der Waals surface area contributed by atoms with Gasteiger partial charge in [-0.25, -0.2) is 4.98 Å². The summed E-state index contributed by atoms with van der Waals surface area (Å²) in [5.74, 6) is 1.35. The van der Waals surface area contributed by atoms with Gasteiger partial charge in [0.25, 0.3) is 0 Å². The number of nitriles is 1. The van der Waals surface area contributed by atoms with Crippen LogP contribution in [0.15, 0.2) is 42.6 Å². The Balaban J connectivity index is 1.78. The molecule has 2 aromatic rings. The second kappa shape index (κ2) is 5.98. The van der Waals surface area contributed by atoms with Gasteiger partial charge in [0.2, 0.25) is 5.91 Å². The summed E-state index contributed by atoms with van der Waals surface area (Å²) in [6.07, 6.45) is 2.46. The first-order chi connectivity index (χ1) is 10.3. The lowest BCUT2D eigenvalue weighted by Crippen LogP contribution is -2.23. The maximum Gasteiger partial charge on any atom is 0.243 e. The molecule has 1 N–H and O–H groups in total. The average molecular weight is 295 g/mol. The molecule has 0 fully saturated rings. The lowest BCUT2D eigenvalue weighted by molar-refractivity contribution is -0.115. The molecule has 3 rings (SSSR count). The van der Waals surface area contributed by atoms with Gasteiger partial charge in [-0.1, -0.05) is 24.3 Å². The Morgan fingerprint density at radius 1 is 1.33 bits per heavy atom. The molecule has 0 unspecified atom stereocenters. The summed E-state index contributed by atoms with van der Waals surface area (Å²) < 4.78 is 0. The molecular weight excluding hydrogens is 282 g/mol. The van der Waals surface area contributed by atoms with E-state index in [4.69, 9.17) is 5.26 Å². The number of fused-ring (bicyclic) bond motifs is 1. The molecule has 1 amide bonds. The SMILES string of the molecule is N#Cc1ccc(NC(=O)[C@@H]2SCCc3ccccc32)nc1. The smallest absolute Gasteiger partial charge is 0.243 e.